The van der Waals surface area contributed by atoms with Crippen LogP contribution in [0.1, 0.15) is 16.2 Å². The molecule has 6 heteroatoms. The van der Waals surface area contributed by atoms with Crippen LogP contribution in [0.25, 0.3) is 0 Å². The first-order chi connectivity index (χ1) is 7.27. The molecule has 0 bridgehead atoms. The van der Waals surface area contributed by atoms with Gasteiger partial charge in [-0.2, -0.15) is 5.10 Å². The van der Waals surface area contributed by atoms with Gasteiger partial charge in [0.25, 0.3) is 0 Å². The number of hydrogen-bond acceptors (Lipinski definition) is 5. The Morgan fingerprint density at radius 3 is 3.07 bits per heavy atom. The van der Waals surface area contributed by atoms with Gasteiger partial charge in [-0.05, 0) is 6.07 Å². The van der Waals surface area contributed by atoms with Crippen molar-refractivity contribution in [2.45, 2.75) is 6.42 Å². The number of carbonyl (C=O) groups is 1. The first-order valence-electron chi connectivity index (χ1n) is 4.34. The smallest absolute Gasteiger partial charge is 0.204 e. The third kappa shape index (κ3) is 1.98. The van der Waals surface area contributed by atoms with E-state index in [0.717, 1.165) is 0 Å². The Bertz CT molecular complexity index is 465. The Kier molecular flexibility index (Phi) is 2.40. The second-order valence-corrected chi connectivity index (χ2v) is 3.01. The molecular weight excluding hydrogens is 194 g/mol. The van der Waals surface area contributed by atoms with Gasteiger partial charge in [-0.1, -0.05) is 0 Å². The van der Waals surface area contributed by atoms with E-state index in [1.807, 2.05) is 0 Å². The van der Waals surface area contributed by atoms with Crippen molar-refractivity contribution in [3.63, 3.8) is 0 Å². The number of nitrogens with one attached hydrogen (secondary N) is 1. The molecule has 0 saturated carbocycles. The van der Waals surface area contributed by atoms with E-state index in [1.54, 1.807) is 18.5 Å². The first kappa shape index (κ1) is 9.32. The summed E-state index contributed by atoms with van der Waals surface area (Å²) in [6.45, 7) is 0. The van der Waals surface area contributed by atoms with Gasteiger partial charge in [0.1, 0.15) is 6.33 Å². The van der Waals surface area contributed by atoms with E-state index in [0.29, 0.717) is 11.3 Å². The minimum Gasteiger partial charge on any atom is -0.398 e. The van der Waals surface area contributed by atoms with E-state index in [-0.39, 0.29) is 18.0 Å². The average Bonchev–Trinajstić information content (AvgIpc) is 2.74. The standard InChI is InChI=1S/C9H9N5O/c10-7-1-2-11-4-6(7)3-8(15)9-12-5-13-14-9/h1-2,4-5H,3H2,(H2,10,11)(H,12,13,14). The highest BCUT2D eigenvalue weighted by Gasteiger charge is 2.11. The maximum Gasteiger partial charge on any atom is 0.204 e. The highest BCUT2D eigenvalue weighted by molar-refractivity contribution is 5.94. The molecule has 76 valence electrons. The highest BCUT2D eigenvalue weighted by Crippen LogP contribution is 2.10. The van der Waals surface area contributed by atoms with Crippen LogP contribution in [-0.2, 0) is 6.42 Å². The number of nitrogens with zero attached hydrogens (tertiary/aromatic N) is 3. The Labute approximate surface area is 85.6 Å². The molecule has 2 rings (SSSR count). The summed E-state index contributed by atoms with van der Waals surface area (Å²) < 4.78 is 0. The van der Waals surface area contributed by atoms with Crippen LogP contribution < -0.4 is 5.73 Å². The van der Waals surface area contributed by atoms with Crippen molar-refractivity contribution in [3.8, 4) is 0 Å². The van der Waals surface area contributed by atoms with Gasteiger partial charge in [0.05, 0.1) is 0 Å². The number of hydrogen-bond donors (Lipinski definition) is 2. The summed E-state index contributed by atoms with van der Waals surface area (Å²) in [5.41, 5.74) is 6.93. The molecule has 0 spiro atoms. The molecule has 3 N–H and O–H groups in total. The fourth-order valence-electron chi connectivity index (χ4n) is 1.18. The molecule has 0 aliphatic heterocycles. The third-order valence-corrected chi connectivity index (χ3v) is 1.97. The number of rotatable bonds is 3. The Morgan fingerprint density at radius 1 is 1.53 bits per heavy atom. The van der Waals surface area contributed by atoms with Gasteiger partial charge in [-0.15, -0.1) is 0 Å². The number of pyridine rings is 1. The number of carbonyl (C=O) groups excluding carboxylic acids is 1. The van der Waals surface area contributed by atoms with Crippen LogP contribution in [0.4, 0.5) is 5.69 Å². The lowest BCUT2D eigenvalue weighted by Gasteiger charge is -2.01. The zero-order valence-electron chi connectivity index (χ0n) is 7.84. The molecule has 0 fully saturated rings. The minimum absolute atomic E-state index is 0.160. The van der Waals surface area contributed by atoms with E-state index in [4.69, 9.17) is 5.73 Å². The van der Waals surface area contributed by atoms with Gasteiger partial charge in [0.15, 0.2) is 5.82 Å². The lowest BCUT2D eigenvalue weighted by molar-refractivity contribution is 0.0983. The molecule has 6 nitrogen and oxygen atoms in total. The number of anilines is 1. The Balaban J connectivity index is 2.17. The monoisotopic (exact) mass is 203 g/mol. The van der Waals surface area contributed by atoms with Gasteiger partial charge in [0.2, 0.25) is 5.78 Å². The normalized spacial score (nSPS) is 10.1. The van der Waals surface area contributed by atoms with Gasteiger partial charge in [-0.3, -0.25) is 14.9 Å². The molecule has 2 heterocycles. The second kappa shape index (κ2) is 3.87. The average molecular weight is 203 g/mol. The van der Waals surface area contributed by atoms with Crippen molar-refractivity contribution in [2.24, 2.45) is 0 Å². The zero-order valence-corrected chi connectivity index (χ0v) is 7.84. The maximum absolute atomic E-state index is 11.6. The molecule has 0 aliphatic carbocycles. The Hall–Kier alpha value is -2.24. The van der Waals surface area contributed by atoms with Gasteiger partial charge in [-0.25, -0.2) is 4.98 Å². The van der Waals surface area contributed by atoms with Crippen molar-refractivity contribution in [1.29, 1.82) is 0 Å². The zero-order chi connectivity index (χ0) is 10.7. The van der Waals surface area contributed by atoms with Gasteiger partial charge < -0.3 is 5.73 Å². The van der Waals surface area contributed by atoms with Gasteiger partial charge >= 0.3 is 0 Å². The summed E-state index contributed by atoms with van der Waals surface area (Å²) in [5, 5.41) is 6.11. The predicted molar refractivity (Wildman–Crippen MR) is 53.1 cm³/mol. The molecule has 2 aromatic heterocycles. The maximum atomic E-state index is 11.6. The fourth-order valence-corrected chi connectivity index (χ4v) is 1.18. The quantitative estimate of drug-likeness (QED) is 0.695. The van der Waals surface area contributed by atoms with Crippen LogP contribution in [0, 0.1) is 0 Å². The number of ketones is 1. The highest BCUT2D eigenvalue weighted by atomic mass is 16.1. The summed E-state index contributed by atoms with van der Waals surface area (Å²) in [6, 6.07) is 1.66. The summed E-state index contributed by atoms with van der Waals surface area (Å²) in [7, 11) is 0. The van der Waals surface area contributed by atoms with Crippen molar-refractivity contribution >= 4 is 11.5 Å². The van der Waals surface area contributed by atoms with Crippen molar-refractivity contribution in [1.82, 2.24) is 20.2 Å². The number of H-pyrrole nitrogens is 1. The lowest BCUT2D eigenvalue weighted by Crippen LogP contribution is -2.08. The molecule has 0 aliphatic rings. The number of Topliss-reactive ketones (excluding diaryl/α,β-unsaturated/α-hetero) is 1. The number of aromatic amines is 1. The SMILES string of the molecule is Nc1ccncc1CC(=O)c1ncn[nH]1. The topological polar surface area (TPSA) is 97.6 Å². The third-order valence-electron chi connectivity index (χ3n) is 1.97. The molecule has 0 saturated heterocycles. The summed E-state index contributed by atoms with van der Waals surface area (Å²) >= 11 is 0. The number of nitrogen functional groups attached to an aromatic ring is 1. The number of nitrogens with two attached hydrogens (primary N) is 1. The van der Waals surface area contributed by atoms with Crippen molar-refractivity contribution < 1.29 is 4.79 Å². The van der Waals surface area contributed by atoms with Crippen LogP contribution in [0.15, 0.2) is 24.8 Å². The van der Waals surface area contributed by atoms with Crippen molar-refractivity contribution in [2.75, 3.05) is 5.73 Å². The minimum atomic E-state index is -0.160. The second-order valence-electron chi connectivity index (χ2n) is 3.01. The summed E-state index contributed by atoms with van der Waals surface area (Å²) in [6.07, 6.45) is 4.62. The molecule has 0 unspecified atom stereocenters. The summed E-state index contributed by atoms with van der Waals surface area (Å²) in [5.74, 6) is 0.0745. The predicted octanol–water partition coefficient (Wildman–Crippen LogP) is 0.207. The van der Waals surface area contributed by atoms with E-state index in [9.17, 15) is 4.79 Å². The van der Waals surface area contributed by atoms with Crippen LogP contribution in [0.3, 0.4) is 0 Å². The molecular formula is C9H9N5O. The largest absolute Gasteiger partial charge is 0.398 e. The molecule has 0 atom stereocenters. The molecule has 15 heavy (non-hydrogen) atoms. The molecule has 2 aromatic rings. The Morgan fingerprint density at radius 2 is 2.40 bits per heavy atom. The number of aromatic nitrogens is 4. The summed E-state index contributed by atoms with van der Waals surface area (Å²) in [4.78, 5) is 19.3. The molecule has 0 aromatic carbocycles. The molecule has 0 amide bonds. The van der Waals surface area contributed by atoms with E-state index < -0.39 is 0 Å². The van der Waals surface area contributed by atoms with Crippen LogP contribution in [0.2, 0.25) is 0 Å². The van der Waals surface area contributed by atoms with Crippen molar-refractivity contribution in [3.05, 3.63) is 36.2 Å². The molecule has 0 radical (unpaired) electrons. The van der Waals surface area contributed by atoms with E-state index in [2.05, 4.69) is 20.2 Å². The van der Waals surface area contributed by atoms with E-state index >= 15 is 0 Å². The lowest BCUT2D eigenvalue weighted by atomic mass is 10.1. The van der Waals surface area contributed by atoms with E-state index in [1.165, 1.54) is 6.33 Å². The van der Waals surface area contributed by atoms with Crippen LogP contribution in [-0.4, -0.2) is 25.9 Å². The van der Waals surface area contributed by atoms with Crippen LogP contribution in [0.5, 0.6) is 0 Å². The van der Waals surface area contributed by atoms with Crippen LogP contribution >= 0.6 is 0 Å². The first-order valence-corrected chi connectivity index (χ1v) is 4.34. The fraction of sp³-hybridized carbons (Fsp3) is 0.111. The van der Waals surface area contributed by atoms with Gasteiger partial charge in [0, 0.05) is 30.1 Å².